The minimum absolute atomic E-state index is 0.0380. The van der Waals surface area contributed by atoms with Crippen LogP contribution < -0.4 is 14.2 Å². The molecule has 1 aliphatic rings. The van der Waals surface area contributed by atoms with E-state index in [2.05, 4.69) is 13.5 Å². The molecule has 1 aromatic carbocycles. The topological polar surface area (TPSA) is 27.7 Å². The number of benzene rings is 1. The fourth-order valence-corrected chi connectivity index (χ4v) is 2.25. The average molecular weight is 234 g/mol. The third kappa shape index (κ3) is 1.57. The van der Waals surface area contributed by atoms with Crippen LogP contribution in [0, 0.1) is 0 Å². The van der Waals surface area contributed by atoms with Gasteiger partial charge < -0.3 is 14.2 Å². The first-order chi connectivity index (χ1) is 8.06. The molecular weight excluding hydrogens is 216 g/mol. The van der Waals surface area contributed by atoms with Crippen LogP contribution in [0.3, 0.4) is 0 Å². The number of fused-ring (bicyclic) bond motifs is 1. The van der Waals surface area contributed by atoms with Crippen LogP contribution in [0.1, 0.15) is 19.4 Å². The van der Waals surface area contributed by atoms with E-state index in [0.717, 1.165) is 22.8 Å². The van der Waals surface area contributed by atoms with E-state index < -0.39 is 0 Å². The molecule has 0 saturated carbocycles. The van der Waals surface area contributed by atoms with Crippen molar-refractivity contribution in [3.8, 4) is 17.2 Å². The Labute approximate surface area is 102 Å². The minimum atomic E-state index is -0.229. The Balaban J connectivity index is 2.65. The van der Waals surface area contributed by atoms with E-state index in [-0.39, 0.29) is 11.5 Å². The maximum absolute atomic E-state index is 5.87. The molecule has 17 heavy (non-hydrogen) atoms. The molecule has 1 aromatic rings. The van der Waals surface area contributed by atoms with Gasteiger partial charge in [-0.15, -0.1) is 6.58 Å². The Morgan fingerprint density at radius 2 is 2.06 bits per heavy atom. The zero-order chi connectivity index (χ0) is 12.6. The molecule has 0 aliphatic carbocycles. The van der Waals surface area contributed by atoms with Gasteiger partial charge >= 0.3 is 0 Å². The number of hydrogen-bond acceptors (Lipinski definition) is 3. The predicted octanol–water partition coefficient (Wildman–Crippen LogP) is 2.93. The molecule has 0 radical (unpaired) electrons. The molecule has 0 amide bonds. The van der Waals surface area contributed by atoms with Gasteiger partial charge in [-0.25, -0.2) is 0 Å². The summed E-state index contributed by atoms with van der Waals surface area (Å²) in [5.41, 5.74) is 0.816. The van der Waals surface area contributed by atoms with Crippen LogP contribution in [0.15, 0.2) is 24.8 Å². The molecule has 0 bridgehead atoms. The van der Waals surface area contributed by atoms with E-state index in [1.165, 1.54) is 0 Å². The molecule has 2 rings (SSSR count). The first-order valence-electron chi connectivity index (χ1n) is 5.63. The summed E-state index contributed by atoms with van der Waals surface area (Å²) in [6.45, 7) is 8.05. The molecule has 1 aliphatic heterocycles. The quantitative estimate of drug-likeness (QED) is 0.753. The summed E-state index contributed by atoms with van der Waals surface area (Å²) in [4.78, 5) is 0. The van der Waals surface area contributed by atoms with Gasteiger partial charge in [-0.1, -0.05) is 6.08 Å². The van der Waals surface area contributed by atoms with Crippen LogP contribution in [-0.4, -0.2) is 20.3 Å². The Hall–Kier alpha value is -1.64. The summed E-state index contributed by atoms with van der Waals surface area (Å²) >= 11 is 0. The van der Waals surface area contributed by atoms with Crippen LogP contribution in [0.25, 0.3) is 0 Å². The highest BCUT2D eigenvalue weighted by Gasteiger charge is 2.43. The van der Waals surface area contributed by atoms with Crippen molar-refractivity contribution in [3.63, 3.8) is 0 Å². The smallest absolute Gasteiger partial charge is 0.131 e. The van der Waals surface area contributed by atoms with E-state index in [0.29, 0.717) is 0 Å². The second-order valence-electron chi connectivity index (χ2n) is 4.45. The number of rotatable bonds is 3. The highest BCUT2D eigenvalue weighted by atomic mass is 16.5. The number of ether oxygens (including phenoxy) is 3. The Morgan fingerprint density at radius 1 is 1.35 bits per heavy atom. The molecule has 3 heteroatoms. The fraction of sp³-hybridized carbons (Fsp3) is 0.429. The summed E-state index contributed by atoms with van der Waals surface area (Å²) in [6, 6.07) is 3.77. The van der Waals surface area contributed by atoms with Gasteiger partial charge in [-0.3, -0.25) is 0 Å². The van der Waals surface area contributed by atoms with Crippen molar-refractivity contribution in [1.29, 1.82) is 0 Å². The average Bonchev–Trinajstić information content (AvgIpc) is 2.61. The lowest BCUT2D eigenvalue weighted by Gasteiger charge is -2.24. The van der Waals surface area contributed by atoms with E-state index in [1.54, 1.807) is 14.2 Å². The van der Waals surface area contributed by atoms with Crippen molar-refractivity contribution in [2.45, 2.75) is 25.4 Å². The molecule has 0 unspecified atom stereocenters. The predicted molar refractivity (Wildman–Crippen MR) is 67.2 cm³/mol. The van der Waals surface area contributed by atoms with Crippen LogP contribution in [0.5, 0.6) is 17.2 Å². The van der Waals surface area contributed by atoms with Crippen molar-refractivity contribution in [3.05, 3.63) is 30.4 Å². The van der Waals surface area contributed by atoms with Gasteiger partial charge in [0, 0.05) is 17.7 Å². The van der Waals surface area contributed by atoms with Gasteiger partial charge in [0.2, 0.25) is 0 Å². The summed E-state index contributed by atoms with van der Waals surface area (Å²) in [6.07, 6.45) is 1.95. The van der Waals surface area contributed by atoms with Crippen molar-refractivity contribution < 1.29 is 14.2 Å². The lowest BCUT2D eigenvalue weighted by Crippen LogP contribution is -2.30. The Kier molecular flexibility index (Phi) is 2.77. The molecule has 1 heterocycles. The summed E-state index contributed by atoms with van der Waals surface area (Å²) in [5, 5.41) is 0. The standard InChI is InChI=1S/C14H18O3/c1-6-14(3)9(2)17-12-8-10(15-4)7-11(16-5)13(12)14/h6-9H,1H2,2-5H3/t9-,14+/m1/s1. The van der Waals surface area contributed by atoms with Crippen molar-refractivity contribution in [2.24, 2.45) is 0 Å². The molecule has 3 nitrogen and oxygen atoms in total. The largest absolute Gasteiger partial charge is 0.496 e. The lowest BCUT2D eigenvalue weighted by molar-refractivity contribution is 0.200. The van der Waals surface area contributed by atoms with Gasteiger partial charge in [0.15, 0.2) is 0 Å². The van der Waals surface area contributed by atoms with Crippen LogP contribution in [0.2, 0.25) is 0 Å². The molecule has 0 saturated heterocycles. The van der Waals surface area contributed by atoms with Gasteiger partial charge in [0.25, 0.3) is 0 Å². The van der Waals surface area contributed by atoms with Crippen LogP contribution in [-0.2, 0) is 5.41 Å². The number of hydrogen-bond donors (Lipinski definition) is 0. The zero-order valence-corrected chi connectivity index (χ0v) is 10.7. The zero-order valence-electron chi connectivity index (χ0n) is 10.7. The SMILES string of the molecule is C=C[C@]1(C)c2c(OC)cc(OC)cc2O[C@@H]1C. The van der Waals surface area contributed by atoms with Crippen LogP contribution in [0.4, 0.5) is 0 Å². The molecule has 2 atom stereocenters. The second-order valence-corrected chi connectivity index (χ2v) is 4.45. The van der Waals surface area contributed by atoms with E-state index in [9.17, 15) is 0 Å². The molecule has 0 spiro atoms. The molecule has 0 N–H and O–H groups in total. The monoisotopic (exact) mass is 234 g/mol. The highest BCUT2D eigenvalue weighted by molar-refractivity contribution is 5.59. The van der Waals surface area contributed by atoms with Gasteiger partial charge in [0.05, 0.1) is 19.6 Å². The first kappa shape index (κ1) is 11.8. The summed E-state index contributed by atoms with van der Waals surface area (Å²) in [5.74, 6) is 2.34. The Morgan fingerprint density at radius 3 is 2.59 bits per heavy atom. The third-order valence-electron chi connectivity index (χ3n) is 3.61. The second kappa shape index (κ2) is 3.99. The first-order valence-corrected chi connectivity index (χ1v) is 5.63. The molecule has 0 fully saturated rings. The van der Waals surface area contributed by atoms with E-state index in [1.807, 2.05) is 25.1 Å². The highest BCUT2D eigenvalue weighted by Crippen LogP contribution is 2.50. The molecular formula is C14H18O3. The van der Waals surface area contributed by atoms with Gasteiger partial charge in [0.1, 0.15) is 23.4 Å². The lowest BCUT2D eigenvalue weighted by atomic mass is 9.79. The van der Waals surface area contributed by atoms with Crippen molar-refractivity contribution in [1.82, 2.24) is 0 Å². The summed E-state index contributed by atoms with van der Waals surface area (Å²) in [7, 11) is 3.29. The van der Waals surface area contributed by atoms with Gasteiger partial charge in [-0.2, -0.15) is 0 Å². The van der Waals surface area contributed by atoms with Crippen molar-refractivity contribution in [2.75, 3.05) is 14.2 Å². The maximum Gasteiger partial charge on any atom is 0.131 e. The van der Waals surface area contributed by atoms with E-state index in [4.69, 9.17) is 14.2 Å². The minimum Gasteiger partial charge on any atom is -0.496 e. The number of methoxy groups -OCH3 is 2. The van der Waals surface area contributed by atoms with Crippen molar-refractivity contribution >= 4 is 0 Å². The van der Waals surface area contributed by atoms with Gasteiger partial charge in [-0.05, 0) is 13.8 Å². The molecule has 0 aromatic heterocycles. The Bertz CT molecular complexity index is 453. The third-order valence-corrected chi connectivity index (χ3v) is 3.61. The van der Waals surface area contributed by atoms with E-state index >= 15 is 0 Å². The fourth-order valence-electron chi connectivity index (χ4n) is 2.25. The maximum atomic E-state index is 5.87. The molecule has 92 valence electrons. The van der Waals surface area contributed by atoms with Crippen LogP contribution >= 0.6 is 0 Å². The summed E-state index contributed by atoms with van der Waals surface area (Å²) < 4.78 is 16.5. The normalized spacial score (nSPS) is 26.0.